The first kappa shape index (κ1) is 15.1. The number of amides is 1. The van der Waals surface area contributed by atoms with Gasteiger partial charge in [0.05, 0.1) is 0 Å². The van der Waals surface area contributed by atoms with Gasteiger partial charge in [-0.3, -0.25) is 4.79 Å². The van der Waals surface area contributed by atoms with Gasteiger partial charge in [-0.1, -0.05) is 26.0 Å². The molecule has 1 aromatic carbocycles. The van der Waals surface area contributed by atoms with Crippen LogP contribution in [-0.2, 0) is 11.3 Å². The number of hydrogen-bond donors (Lipinski definition) is 2. The van der Waals surface area contributed by atoms with Crippen LogP contribution >= 0.6 is 11.8 Å². The van der Waals surface area contributed by atoms with Gasteiger partial charge in [0, 0.05) is 23.9 Å². The largest absolute Gasteiger partial charge is 0.352 e. The van der Waals surface area contributed by atoms with Crippen molar-refractivity contribution < 1.29 is 4.79 Å². The van der Waals surface area contributed by atoms with Gasteiger partial charge < -0.3 is 11.1 Å². The summed E-state index contributed by atoms with van der Waals surface area (Å²) in [5.74, 6) is 1.05. The molecule has 3 nitrogen and oxygen atoms in total. The Balaban J connectivity index is 2.45. The van der Waals surface area contributed by atoms with Crippen LogP contribution in [0.1, 0.15) is 25.8 Å². The molecule has 0 bridgehead atoms. The van der Waals surface area contributed by atoms with Crippen molar-refractivity contribution in [2.24, 2.45) is 11.7 Å². The van der Waals surface area contributed by atoms with Crippen LogP contribution in [-0.4, -0.2) is 18.2 Å². The summed E-state index contributed by atoms with van der Waals surface area (Å²) >= 11 is 1.82. The summed E-state index contributed by atoms with van der Waals surface area (Å²) < 4.78 is 0. The predicted molar refractivity (Wildman–Crippen MR) is 77.5 cm³/mol. The highest BCUT2D eigenvalue weighted by molar-refractivity contribution is 7.99. The van der Waals surface area contributed by atoms with E-state index in [1.54, 1.807) is 0 Å². The Labute approximate surface area is 114 Å². The Morgan fingerprint density at radius 3 is 2.50 bits per heavy atom. The van der Waals surface area contributed by atoms with Gasteiger partial charge >= 0.3 is 0 Å². The van der Waals surface area contributed by atoms with Crippen LogP contribution in [0.2, 0.25) is 0 Å². The second-order valence-corrected chi connectivity index (χ2v) is 5.47. The Morgan fingerprint density at radius 2 is 2.00 bits per heavy atom. The number of hydrogen-bond acceptors (Lipinski definition) is 3. The zero-order valence-electron chi connectivity index (χ0n) is 11.1. The summed E-state index contributed by atoms with van der Waals surface area (Å²) in [5, 5.41) is 2.93. The van der Waals surface area contributed by atoms with Crippen molar-refractivity contribution >= 4 is 17.7 Å². The van der Waals surface area contributed by atoms with E-state index < -0.39 is 0 Å². The van der Waals surface area contributed by atoms with Gasteiger partial charge in [0.1, 0.15) is 0 Å². The molecule has 0 saturated carbocycles. The summed E-state index contributed by atoms with van der Waals surface area (Å²) in [6.07, 6.45) is 0.786. The highest BCUT2D eigenvalue weighted by Gasteiger charge is 2.13. The fraction of sp³-hybridized carbons (Fsp3) is 0.500. The molecule has 0 aliphatic carbocycles. The monoisotopic (exact) mass is 266 g/mol. The molecule has 0 aromatic heterocycles. The zero-order chi connectivity index (χ0) is 13.4. The molecule has 1 amide bonds. The molecule has 0 saturated heterocycles. The molecule has 0 heterocycles. The minimum absolute atomic E-state index is 0.0482. The standard InChI is InChI=1S/C14H22N2OS/c1-3-12(9-15)14(17)16-10-11-5-7-13(8-6-11)18-4-2/h5-8,12H,3-4,9-10,15H2,1-2H3,(H,16,17). The van der Waals surface area contributed by atoms with Crippen molar-refractivity contribution in [3.05, 3.63) is 29.8 Å². The summed E-state index contributed by atoms with van der Waals surface area (Å²) in [6, 6.07) is 8.30. The lowest BCUT2D eigenvalue weighted by Gasteiger charge is -2.12. The van der Waals surface area contributed by atoms with Crippen LogP contribution in [0.25, 0.3) is 0 Å². The van der Waals surface area contributed by atoms with E-state index in [2.05, 4.69) is 36.5 Å². The summed E-state index contributed by atoms with van der Waals surface area (Å²) in [4.78, 5) is 13.0. The van der Waals surface area contributed by atoms with Crippen molar-refractivity contribution in [3.63, 3.8) is 0 Å². The Kier molecular flexibility index (Phi) is 6.83. The molecule has 1 atom stereocenters. The number of benzene rings is 1. The number of nitrogens with one attached hydrogen (secondary N) is 1. The summed E-state index contributed by atoms with van der Waals surface area (Å²) in [6.45, 7) is 5.10. The maximum atomic E-state index is 11.8. The SMILES string of the molecule is CCSc1ccc(CNC(=O)C(CC)CN)cc1. The number of nitrogens with two attached hydrogens (primary N) is 1. The Hall–Kier alpha value is -1.00. The average Bonchev–Trinajstić information content (AvgIpc) is 2.40. The van der Waals surface area contributed by atoms with E-state index in [0.717, 1.165) is 17.7 Å². The molecule has 0 aliphatic heterocycles. The first-order chi connectivity index (χ1) is 8.71. The molecule has 0 spiro atoms. The minimum atomic E-state index is -0.0695. The van der Waals surface area contributed by atoms with Gasteiger partial charge in [-0.05, 0) is 29.9 Å². The van der Waals surface area contributed by atoms with Gasteiger partial charge in [-0.25, -0.2) is 0 Å². The van der Waals surface area contributed by atoms with E-state index in [1.165, 1.54) is 4.90 Å². The molecule has 1 rings (SSSR count). The lowest BCUT2D eigenvalue weighted by molar-refractivity contribution is -0.124. The van der Waals surface area contributed by atoms with Crippen molar-refractivity contribution in [2.75, 3.05) is 12.3 Å². The maximum absolute atomic E-state index is 11.8. The van der Waals surface area contributed by atoms with E-state index in [0.29, 0.717) is 13.1 Å². The highest BCUT2D eigenvalue weighted by Crippen LogP contribution is 2.17. The van der Waals surface area contributed by atoms with Gasteiger partial charge in [0.25, 0.3) is 0 Å². The normalized spacial score (nSPS) is 12.2. The zero-order valence-corrected chi connectivity index (χ0v) is 11.9. The first-order valence-electron chi connectivity index (χ1n) is 6.40. The third kappa shape index (κ3) is 4.70. The Bertz CT molecular complexity index is 361. The molecule has 3 N–H and O–H groups in total. The van der Waals surface area contributed by atoms with E-state index >= 15 is 0 Å². The number of rotatable bonds is 7. The number of carbonyl (C=O) groups excluding carboxylic acids is 1. The minimum Gasteiger partial charge on any atom is -0.352 e. The highest BCUT2D eigenvalue weighted by atomic mass is 32.2. The second kappa shape index (κ2) is 8.16. The molecule has 18 heavy (non-hydrogen) atoms. The predicted octanol–water partition coefficient (Wildman–Crippen LogP) is 2.40. The van der Waals surface area contributed by atoms with Gasteiger partial charge in [0.2, 0.25) is 5.91 Å². The fourth-order valence-electron chi connectivity index (χ4n) is 1.66. The third-order valence-corrected chi connectivity index (χ3v) is 3.74. The average molecular weight is 266 g/mol. The van der Waals surface area contributed by atoms with Crippen LogP contribution in [0.5, 0.6) is 0 Å². The maximum Gasteiger partial charge on any atom is 0.224 e. The van der Waals surface area contributed by atoms with Gasteiger partial charge in [0.15, 0.2) is 0 Å². The van der Waals surface area contributed by atoms with Crippen molar-refractivity contribution in [2.45, 2.75) is 31.7 Å². The smallest absolute Gasteiger partial charge is 0.224 e. The van der Waals surface area contributed by atoms with Gasteiger partial charge in [-0.2, -0.15) is 0 Å². The fourth-order valence-corrected chi connectivity index (χ4v) is 2.32. The van der Waals surface area contributed by atoms with Crippen molar-refractivity contribution in [1.82, 2.24) is 5.32 Å². The van der Waals surface area contributed by atoms with Crippen molar-refractivity contribution in [1.29, 1.82) is 0 Å². The third-order valence-electron chi connectivity index (χ3n) is 2.85. The van der Waals surface area contributed by atoms with Crippen LogP contribution in [0.15, 0.2) is 29.2 Å². The summed E-state index contributed by atoms with van der Waals surface area (Å²) in [7, 11) is 0. The van der Waals surface area contributed by atoms with Crippen LogP contribution in [0.4, 0.5) is 0 Å². The molecule has 0 fully saturated rings. The van der Waals surface area contributed by atoms with Crippen molar-refractivity contribution in [3.8, 4) is 0 Å². The van der Waals surface area contributed by atoms with E-state index in [-0.39, 0.29) is 11.8 Å². The quantitative estimate of drug-likeness (QED) is 0.745. The summed E-state index contributed by atoms with van der Waals surface area (Å²) in [5.41, 5.74) is 6.66. The molecule has 1 aromatic rings. The lowest BCUT2D eigenvalue weighted by Crippen LogP contribution is -2.34. The topological polar surface area (TPSA) is 55.1 Å². The number of carbonyl (C=O) groups is 1. The molecule has 0 radical (unpaired) electrons. The molecular formula is C14H22N2OS. The molecule has 1 unspecified atom stereocenters. The Morgan fingerprint density at radius 1 is 1.33 bits per heavy atom. The molecular weight excluding hydrogens is 244 g/mol. The second-order valence-electron chi connectivity index (χ2n) is 4.14. The van der Waals surface area contributed by atoms with Crippen LogP contribution in [0.3, 0.4) is 0 Å². The van der Waals surface area contributed by atoms with E-state index in [1.807, 2.05) is 18.7 Å². The van der Waals surface area contributed by atoms with Crippen LogP contribution in [0, 0.1) is 5.92 Å². The molecule has 4 heteroatoms. The van der Waals surface area contributed by atoms with E-state index in [4.69, 9.17) is 5.73 Å². The lowest BCUT2D eigenvalue weighted by atomic mass is 10.1. The van der Waals surface area contributed by atoms with E-state index in [9.17, 15) is 4.79 Å². The molecule has 100 valence electrons. The molecule has 0 aliphatic rings. The first-order valence-corrected chi connectivity index (χ1v) is 7.39. The number of thioether (sulfide) groups is 1. The van der Waals surface area contributed by atoms with Gasteiger partial charge in [-0.15, -0.1) is 11.8 Å². The van der Waals surface area contributed by atoms with Crippen LogP contribution < -0.4 is 11.1 Å².